The smallest absolute Gasteiger partial charge is 0.321 e. The summed E-state index contributed by atoms with van der Waals surface area (Å²) in [7, 11) is 0. The van der Waals surface area contributed by atoms with Gasteiger partial charge >= 0.3 is 6.03 Å². The second-order valence-corrected chi connectivity index (χ2v) is 10.2. The highest BCUT2D eigenvalue weighted by Gasteiger charge is 2.24. The second kappa shape index (κ2) is 12.8. The first kappa shape index (κ1) is 26.8. The van der Waals surface area contributed by atoms with E-state index in [4.69, 9.17) is 4.74 Å². The minimum atomic E-state index is -0.619. The Morgan fingerprint density at radius 3 is 2.54 bits per heavy atom. The number of likely N-dealkylation sites (tertiary alicyclic amines) is 2. The first-order valence-corrected chi connectivity index (χ1v) is 13.6. The highest BCUT2D eigenvalue weighted by atomic mass is 19.1. The molecule has 0 aliphatic carbocycles. The Bertz CT molecular complexity index is 1260. The number of amides is 2. The number of anilines is 3. The number of urea groups is 1. The number of carbonyl (C=O) groups excluding carboxylic acids is 1. The molecule has 2 saturated heterocycles. The van der Waals surface area contributed by atoms with Crippen molar-refractivity contribution in [1.82, 2.24) is 19.8 Å². The number of benzene rings is 2. The van der Waals surface area contributed by atoms with Crippen molar-refractivity contribution in [2.45, 2.75) is 38.6 Å². The van der Waals surface area contributed by atoms with Crippen molar-refractivity contribution >= 4 is 23.4 Å². The van der Waals surface area contributed by atoms with Crippen LogP contribution in [0, 0.1) is 17.6 Å². The van der Waals surface area contributed by atoms with E-state index in [2.05, 4.69) is 37.6 Å². The fraction of sp³-hybridized carbons (Fsp3) is 0.414. The summed E-state index contributed by atoms with van der Waals surface area (Å²) in [4.78, 5) is 25.0. The van der Waals surface area contributed by atoms with Crippen molar-refractivity contribution in [2.75, 3.05) is 43.4 Å². The zero-order chi connectivity index (χ0) is 27.0. The summed E-state index contributed by atoms with van der Waals surface area (Å²) >= 11 is 0. The van der Waals surface area contributed by atoms with Crippen LogP contribution >= 0.6 is 0 Å². The molecule has 8 nitrogen and oxygen atoms in total. The van der Waals surface area contributed by atoms with Gasteiger partial charge in [-0.25, -0.2) is 14.2 Å². The van der Waals surface area contributed by atoms with E-state index in [0.29, 0.717) is 31.6 Å². The number of hydrogen-bond donors (Lipinski definition) is 2. The standard InChI is InChI=1S/C29H34F2N6O2/c30-23-7-5-9-25(17-23)34-29(38)37-14-10-21(11-15-37)20-39-27-26(31)18-32-28(35-27)33-24-8-4-6-22(16-24)19-36-12-2-1-3-13-36/h4-9,16-18,21H,1-3,10-15,19-20H2,(H,34,38)(H,32,33,35). The van der Waals surface area contributed by atoms with Crippen LogP contribution in [0.2, 0.25) is 0 Å². The lowest BCUT2D eigenvalue weighted by molar-refractivity contribution is 0.148. The lowest BCUT2D eigenvalue weighted by Crippen LogP contribution is -2.42. The molecule has 2 fully saturated rings. The van der Waals surface area contributed by atoms with Crippen LogP contribution in [0.5, 0.6) is 5.88 Å². The van der Waals surface area contributed by atoms with Gasteiger partial charge in [0.15, 0.2) is 0 Å². The van der Waals surface area contributed by atoms with Crippen molar-refractivity contribution in [1.29, 1.82) is 0 Å². The second-order valence-electron chi connectivity index (χ2n) is 10.2. The Kier molecular flexibility index (Phi) is 8.82. The summed E-state index contributed by atoms with van der Waals surface area (Å²) in [5.74, 6) is -0.694. The number of carbonyl (C=O) groups is 1. The van der Waals surface area contributed by atoms with Crippen molar-refractivity contribution < 1.29 is 18.3 Å². The maximum Gasteiger partial charge on any atom is 0.321 e. The van der Waals surface area contributed by atoms with E-state index in [9.17, 15) is 13.6 Å². The monoisotopic (exact) mass is 536 g/mol. The molecule has 10 heteroatoms. The third kappa shape index (κ3) is 7.63. The first-order valence-electron chi connectivity index (χ1n) is 13.6. The van der Waals surface area contributed by atoms with Crippen molar-refractivity contribution in [3.05, 3.63) is 71.9 Å². The molecule has 0 radical (unpaired) electrons. The van der Waals surface area contributed by atoms with Gasteiger partial charge in [-0.3, -0.25) is 4.90 Å². The summed E-state index contributed by atoms with van der Waals surface area (Å²) in [5, 5.41) is 5.89. The van der Waals surface area contributed by atoms with Gasteiger partial charge < -0.3 is 20.3 Å². The average molecular weight is 537 g/mol. The Balaban J connectivity index is 1.11. The van der Waals surface area contributed by atoms with Gasteiger partial charge in [0.1, 0.15) is 5.82 Å². The minimum absolute atomic E-state index is 0.0942. The van der Waals surface area contributed by atoms with E-state index in [-0.39, 0.29) is 30.4 Å². The van der Waals surface area contributed by atoms with E-state index < -0.39 is 11.6 Å². The van der Waals surface area contributed by atoms with Gasteiger partial charge in [-0.15, -0.1) is 0 Å². The molecular formula is C29H34F2N6O2. The molecule has 0 unspecified atom stereocenters. The lowest BCUT2D eigenvalue weighted by Gasteiger charge is -2.31. The van der Waals surface area contributed by atoms with Crippen LogP contribution < -0.4 is 15.4 Å². The quantitative estimate of drug-likeness (QED) is 0.378. The molecule has 0 spiro atoms. The highest BCUT2D eigenvalue weighted by Crippen LogP contribution is 2.23. The Morgan fingerprint density at radius 1 is 0.974 bits per heavy atom. The molecular weight excluding hydrogens is 502 g/mol. The van der Waals surface area contributed by atoms with E-state index in [1.54, 1.807) is 17.0 Å². The van der Waals surface area contributed by atoms with E-state index in [1.807, 2.05) is 12.1 Å². The number of aromatic nitrogens is 2. The predicted molar refractivity (Wildman–Crippen MR) is 146 cm³/mol. The number of piperidine rings is 2. The third-order valence-corrected chi connectivity index (χ3v) is 7.18. The van der Waals surface area contributed by atoms with Crippen molar-refractivity contribution in [3.63, 3.8) is 0 Å². The molecule has 0 atom stereocenters. The van der Waals surface area contributed by atoms with E-state index >= 15 is 0 Å². The Labute approximate surface area is 227 Å². The van der Waals surface area contributed by atoms with Gasteiger partial charge in [0.25, 0.3) is 5.88 Å². The van der Waals surface area contributed by atoms with Crippen LogP contribution in [-0.2, 0) is 6.54 Å². The molecule has 206 valence electrons. The highest BCUT2D eigenvalue weighted by molar-refractivity contribution is 5.89. The number of nitrogens with zero attached hydrogens (tertiary/aromatic N) is 4. The largest absolute Gasteiger partial charge is 0.475 e. The first-order chi connectivity index (χ1) is 19.0. The SMILES string of the molecule is O=C(Nc1cccc(F)c1)N1CCC(COc2nc(Nc3cccc(CN4CCCCC4)c3)ncc2F)CC1. The van der Waals surface area contributed by atoms with E-state index in [0.717, 1.165) is 31.5 Å². The topological polar surface area (TPSA) is 82.6 Å². The molecule has 2 aromatic carbocycles. The minimum Gasteiger partial charge on any atom is -0.475 e. The fourth-order valence-electron chi connectivity index (χ4n) is 5.03. The van der Waals surface area contributed by atoms with Crippen molar-refractivity contribution in [2.24, 2.45) is 5.92 Å². The number of halogens is 2. The summed E-state index contributed by atoms with van der Waals surface area (Å²) in [6.45, 7) is 4.50. The maximum absolute atomic E-state index is 14.4. The van der Waals surface area contributed by atoms with Crippen LogP contribution in [-0.4, -0.2) is 58.6 Å². The molecule has 3 heterocycles. The van der Waals surface area contributed by atoms with Crippen LogP contribution in [0.25, 0.3) is 0 Å². The molecule has 5 rings (SSSR count). The number of nitrogens with one attached hydrogen (secondary N) is 2. The molecule has 2 amide bonds. The van der Waals surface area contributed by atoms with Crippen LogP contribution in [0.1, 0.15) is 37.7 Å². The third-order valence-electron chi connectivity index (χ3n) is 7.18. The Hall–Kier alpha value is -3.79. The maximum atomic E-state index is 14.4. The number of hydrogen-bond acceptors (Lipinski definition) is 6. The van der Waals surface area contributed by atoms with Gasteiger partial charge in [-0.1, -0.05) is 24.6 Å². The molecule has 2 aliphatic rings. The molecule has 0 bridgehead atoms. The zero-order valence-electron chi connectivity index (χ0n) is 21.9. The summed E-state index contributed by atoms with van der Waals surface area (Å²) in [6, 6.07) is 13.6. The van der Waals surface area contributed by atoms with Gasteiger partial charge in [-0.05, 0) is 80.6 Å². The normalized spacial score (nSPS) is 16.6. The zero-order valence-corrected chi connectivity index (χ0v) is 21.9. The molecule has 3 aromatic rings. The lowest BCUT2D eigenvalue weighted by atomic mass is 9.98. The number of rotatable bonds is 8. The summed E-state index contributed by atoms with van der Waals surface area (Å²) < 4.78 is 33.5. The van der Waals surface area contributed by atoms with Crippen LogP contribution in [0.3, 0.4) is 0 Å². The molecule has 2 aliphatic heterocycles. The van der Waals surface area contributed by atoms with Gasteiger partial charge in [0, 0.05) is 31.0 Å². The summed E-state index contributed by atoms with van der Waals surface area (Å²) in [6.07, 6.45) is 6.32. The number of ether oxygens (including phenoxy) is 1. The molecule has 39 heavy (non-hydrogen) atoms. The molecule has 0 saturated carbocycles. The summed E-state index contributed by atoms with van der Waals surface area (Å²) in [5.41, 5.74) is 2.46. The van der Waals surface area contributed by atoms with Gasteiger partial charge in [-0.2, -0.15) is 9.37 Å². The van der Waals surface area contributed by atoms with Crippen LogP contribution in [0.15, 0.2) is 54.7 Å². The Morgan fingerprint density at radius 2 is 1.74 bits per heavy atom. The van der Waals surface area contributed by atoms with E-state index in [1.165, 1.54) is 37.0 Å². The fourth-order valence-corrected chi connectivity index (χ4v) is 5.03. The molecule has 2 N–H and O–H groups in total. The average Bonchev–Trinajstić information content (AvgIpc) is 2.94. The van der Waals surface area contributed by atoms with Crippen LogP contribution in [0.4, 0.5) is 30.9 Å². The van der Waals surface area contributed by atoms with Gasteiger partial charge in [0.05, 0.1) is 12.8 Å². The van der Waals surface area contributed by atoms with Gasteiger partial charge in [0.2, 0.25) is 11.8 Å². The predicted octanol–water partition coefficient (Wildman–Crippen LogP) is 5.81. The van der Waals surface area contributed by atoms with Crippen molar-refractivity contribution in [3.8, 4) is 5.88 Å². The molecule has 1 aromatic heterocycles.